The third-order valence-electron chi connectivity index (χ3n) is 5.29. The van der Waals surface area contributed by atoms with Crippen LogP contribution in [-0.4, -0.2) is 44.3 Å². The van der Waals surface area contributed by atoms with Gasteiger partial charge in [-0.1, -0.05) is 48.5 Å². The second-order valence-electron chi connectivity index (χ2n) is 7.53. The van der Waals surface area contributed by atoms with E-state index in [-0.39, 0.29) is 17.4 Å². The summed E-state index contributed by atoms with van der Waals surface area (Å²) in [5.74, 6) is 0.774. The average Bonchev–Trinajstić information content (AvgIpc) is 3.15. The Balaban J connectivity index is 1.50. The Morgan fingerprint density at radius 3 is 2.40 bits per heavy atom. The maximum absolute atomic E-state index is 13.1. The first-order chi connectivity index (χ1) is 14.7. The quantitative estimate of drug-likeness (QED) is 0.396. The minimum absolute atomic E-state index is 0.0492. The SMILES string of the molecule is O=C(CSc1nnc(CN2CCCCC2)n1Cc1ccccc1)c1ccc(F)cc1. The van der Waals surface area contributed by atoms with Crippen molar-refractivity contribution in [3.05, 3.63) is 77.4 Å². The number of carbonyl (C=O) groups excluding carboxylic acids is 1. The normalized spacial score (nSPS) is 14.7. The van der Waals surface area contributed by atoms with Gasteiger partial charge in [-0.3, -0.25) is 9.69 Å². The highest BCUT2D eigenvalue weighted by Crippen LogP contribution is 2.22. The lowest BCUT2D eigenvalue weighted by molar-refractivity contribution is 0.102. The number of hydrogen-bond acceptors (Lipinski definition) is 5. The van der Waals surface area contributed by atoms with Crippen LogP contribution in [0.15, 0.2) is 59.8 Å². The number of carbonyl (C=O) groups is 1. The highest BCUT2D eigenvalue weighted by molar-refractivity contribution is 7.99. The zero-order chi connectivity index (χ0) is 20.8. The van der Waals surface area contributed by atoms with Gasteiger partial charge >= 0.3 is 0 Å². The molecule has 3 aromatic rings. The number of nitrogens with zero attached hydrogens (tertiary/aromatic N) is 4. The second-order valence-corrected chi connectivity index (χ2v) is 8.47. The van der Waals surface area contributed by atoms with Crippen LogP contribution in [0.2, 0.25) is 0 Å². The maximum Gasteiger partial charge on any atom is 0.192 e. The van der Waals surface area contributed by atoms with E-state index in [0.29, 0.717) is 12.1 Å². The Labute approximate surface area is 180 Å². The lowest BCUT2D eigenvalue weighted by atomic mass is 10.1. The molecule has 0 unspecified atom stereocenters. The molecule has 30 heavy (non-hydrogen) atoms. The molecule has 156 valence electrons. The first-order valence-electron chi connectivity index (χ1n) is 10.3. The van der Waals surface area contributed by atoms with E-state index in [1.165, 1.54) is 60.9 Å². The van der Waals surface area contributed by atoms with E-state index in [1.54, 1.807) is 0 Å². The fraction of sp³-hybridized carbons (Fsp3) is 0.348. The molecule has 7 heteroatoms. The van der Waals surface area contributed by atoms with Gasteiger partial charge in [0.05, 0.1) is 18.8 Å². The fourth-order valence-electron chi connectivity index (χ4n) is 3.63. The molecule has 0 aliphatic carbocycles. The topological polar surface area (TPSA) is 51.0 Å². The molecule has 0 N–H and O–H groups in total. The van der Waals surface area contributed by atoms with E-state index < -0.39 is 0 Å². The predicted molar refractivity (Wildman–Crippen MR) is 116 cm³/mol. The van der Waals surface area contributed by atoms with Gasteiger partial charge in [0.15, 0.2) is 10.9 Å². The summed E-state index contributed by atoms with van der Waals surface area (Å²) in [6.45, 7) is 3.61. The smallest absolute Gasteiger partial charge is 0.192 e. The van der Waals surface area contributed by atoms with Gasteiger partial charge in [0.25, 0.3) is 0 Å². The van der Waals surface area contributed by atoms with Gasteiger partial charge in [0.1, 0.15) is 11.6 Å². The number of ketones is 1. The number of aromatic nitrogens is 3. The Hall–Kier alpha value is -2.51. The van der Waals surface area contributed by atoms with Gasteiger partial charge in [0.2, 0.25) is 0 Å². The lowest BCUT2D eigenvalue weighted by Crippen LogP contribution is -2.30. The van der Waals surface area contributed by atoms with Crippen LogP contribution >= 0.6 is 11.8 Å². The summed E-state index contributed by atoms with van der Waals surface area (Å²) >= 11 is 1.38. The fourth-order valence-corrected chi connectivity index (χ4v) is 4.49. The van der Waals surface area contributed by atoms with Gasteiger partial charge in [-0.2, -0.15) is 0 Å². The third kappa shape index (κ3) is 5.34. The predicted octanol–water partition coefficient (Wildman–Crippen LogP) is 4.43. The first-order valence-corrected chi connectivity index (χ1v) is 11.3. The van der Waals surface area contributed by atoms with Gasteiger partial charge in [-0.05, 0) is 55.8 Å². The molecule has 1 aromatic heterocycles. The molecule has 2 heterocycles. The monoisotopic (exact) mass is 424 g/mol. The van der Waals surface area contributed by atoms with Crippen LogP contribution in [0.5, 0.6) is 0 Å². The van der Waals surface area contributed by atoms with Crippen LogP contribution in [0.25, 0.3) is 0 Å². The number of Topliss-reactive ketones (excluding diaryl/α,β-unsaturated/α-hetero) is 1. The van der Waals surface area contributed by atoms with Gasteiger partial charge in [-0.15, -0.1) is 10.2 Å². The second kappa shape index (κ2) is 10.00. The van der Waals surface area contributed by atoms with Crippen LogP contribution < -0.4 is 0 Å². The molecule has 1 saturated heterocycles. The average molecular weight is 425 g/mol. The minimum Gasteiger partial charge on any atom is -0.300 e. The van der Waals surface area contributed by atoms with Crippen molar-refractivity contribution in [2.45, 2.75) is 37.5 Å². The molecule has 0 atom stereocenters. The van der Waals surface area contributed by atoms with Crippen molar-refractivity contribution in [3.8, 4) is 0 Å². The molecule has 0 spiro atoms. The van der Waals surface area contributed by atoms with Crippen molar-refractivity contribution in [1.29, 1.82) is 0 Å². The summed E-state index contributed by atoms with van der Waals surface area (Å²) < 4.78 is 15.2. The Bertz CT molecular complexity index is 969. The Morgan fingerprint density at radius 2 is 1.67 bits per heavy atom. The summed E-state index contributed by atoms with van der Waals surface area (Å²) in [6, 6.07) is 15.9. The molecular formula is C23H25FN4OS. The number of piperidine rings is 1. The molecule has 5 nitrogen and oxygen atoms in total. The van der Waals surface area contributed by atoms with Crippen molar-refractivity contribution < 1.29 is 9.18 Å². The van der Waals surface area contributed by atoms with Crippen LogP contribution in [-0.2, 0) is 13.1 Å². The van der Waals surface area contributed by atoms with Crippen molar-refractivity contribution in [3.63, 3.8) is 0 Å². The van der Waals surface area contributed by atoms with Crippen LogP contribution in [0.1, 0.15) is 41.0 Å². The number of rotatable bonds is 8. The number of likely N-dealkylation sites (tertiary alicyclic amines) is 1. The molecular weight excluding hydrogens is 399 g/mol. The molecule has 1 aliphatic heterocycles. The molecule has 0 amide bonds. The molecule has 0 saturated carbocycles. The van der Waals surface area contributed by atoms with E-state index in [1.807, 2.05) is 18.2 Å². The summed E-state index contributed by atoms with van der Waals surface area (Å²) in [7, 11) is 0. The molecule has 0 radical (unpaired) electrons. The summed E-state index contributed by atoms with van der Waals surface area (Å²) in [6.07, 6.45) is 3.74. The third-order valence-corrected chi connectivity index (χ3v) is 6.26. The molecule has 2 aromatic carbocycles. The van der Waals surface area contributed by atoms with Crippen molar-refractivity contribution in [2.24, 2.45) is 0 Å². The molecule has 1 fully saturated rings. The van der Waals surface area contributed by atoms with E-state index in [9.17, 15) is 9.18 Å². The van der Waals surface area contributed by atoms with Gasteiger partial charge < -0.3 is 4.57 Å². The highest BCUT2D eigenvalue weighted by Gasteiger charge is 2.19. The van der Waals surface area contributed by atoms with E-state index in [0.717, 1.165) is 30.6 Å². The van der Waals surface area contributed by atoms with Crippen LogP contribution in [0, 0.1) is 5.82 Å². The summed E-state index contributed by atoms with van der Waals surface area (Å²) in [5.41, 5.74) is 1.68. The number of benzene rings is 2. The number of halogens is 1. The highest BCUT2D eigenvalue weighted by atomic mass is 32.2. The Kier molecular flexibility index (Phi) is 6.92. The molecule has 0 bridgehead atoms. The van der Waals surface area contributed by atoms with Gasteiger partial charge in [-0.25, -0.2) is 4.39 Å². The summed E-state index contributed by atoms with van der Waals surface area (Å²) in [5, 5.41) is 9.59. The number of hydrogen-bond donors (Lipinski definition) is 0. The first kappa shape index (κ1) is 20.8. The maximum atomic E-state index is 13.1. The molecule has 1 aliphatic rings. The van der Waals surface area contributed by atoms with Crippen LogP contribution in [0.4, 0.5) is 4.39 Å². The standard InChI is InChI=1S/C23H25FN4OS/c24-20-11-9-19(10-12-20)21(29)17-30-23-26-25-22(16-27-13-5-2-6-14-27)28(23)15-18-7-3-1-4-8-18/h1,3-4,7-12H,2,5-6,13-17H2. The van der Waals surface area contributed by atoms with Gasteiger partial charge in [0, 0.05) is 5.56 Å². The minimum atomic E-state index is -0.343. The molecule has 4 rings (SSSR count). The lowest BCUT2D eigenvalue weighted by Gasteiger charge is -2.26. The zero-order valence-electron chi connectivity index (χ0n) is 16.8. The van der Waals surface area contributed by atoms with Crippen molar-refractivity contribution in [2.75, 3.05) is 18.8 Å². The van der Waals surface area contributed by atoms with E-state index in [2.05, 4.69) is 31.8 Å². The van der Waals surface area contributed by atoms with E-state index in [4.69, 9.17) is 0 Å². The van der Waals surface area contributed by atoms with Crippen molar-refractivity contribution >= 4 is 17.5 Å². The van der Waals surface area contributed by atoms with Crippen LogP contribution in [0.3, 0.4) is 0 Å². The number of thioether (sulfide) groups is 1. The van der Waals surface area contributed by atoms with E-state index >= 15 is 0 Å². The largest absolute Gasteiger partial charge is 0.300 e. The Morgan fingerprint density at radius 1 is 0.933 bits per heavy atom. The summed E-state index contributed by atoms with van der Waals surface area (Å²) in [4.78, 5) is 14.9. The van der Waals surface area contributed by atoms with Crippen molar-refractivity contribution in [1.82, 2.24) is 19.7 Å². The zero-order valence-corrected chi connectivity index (χ0v) is 17.7.